The molecule has 2 saturated carbocycles. The quantitative estimate of drug-likeness (QED) is 0.363. The van der Waals surface area contributed by atoms with Crippen molar-refractivity contribution in [2.45, 2.75) is 70.0 Å². The molecule has 0 atom stereocenters. The molecule has 2 aliphatic carbocycles. The summed E-state index contributed by atoms with van der Waals surface area (Å²) < 4.78 is 1.69. The third kappa shape index (κ3) is 4.76. The third-order valence-electron chi connectivity index (χ3n) is 6.14. The molecule has 5 rings (SSSR count). The first-order valence-electron chi connectivity index (χ1n) is 11.5. The molecule has 11 heteroatoms. The Bertz CT molecular complexity index is 1340. The molecule has 0 aromatic carbocycles. The molecule has 5 N–H and O–H groups in total. The molecule has 0 aliphatic heterocycles. The number of hydrogen-bond acceptors (Lipinski definition) is 7. The number of amides is 1. The van der Waals surface area contributed by atoms with Crippen LogP contribution in [0.25, 0.3) is 11.7 Å². The first-order chi connectivity index (χ1) is 16.0. The van der Waals surface area contributed by atoms with Crippen LogP contribution >= 0.6 is 0 Å². The lowest BCUT2D eigenvalue weighted by Gasteiger charge is -2.30. The van der Waals surface area contributed by atoms with Gasteiger partial charge in [0.15, 0.2) is 11.1 Å². The molecular weight excluding hydrogens is 424 g/mol. The van der Waals surface area contributed by atoms with Crippen molar-refractivity contribution >= 4 is 23.4 Å². The molecule has 0 saturated heterocycles. The second kappa shape index (κ2) is 8.72. The number of fused-ring (bicyclic) bond motifs is 1. The van der Waals surface area contributed by atoms with Crippen LogP contribution in [0.5, 0.6) is 5.88 Å². The minimum absolute atomic E-state index is 0.101. The largest absolute Gasteiger partial charge is 0.493 e. The van der Waals surface area contributed by atoms with Gasteiger partial charge in [-0.15, -0.1) is 0 Å². The number of anilines is 1. The second-order valence-electron chi connectivity index (χ2n) is 8.79. The van der Waals surface area contributed by atoms with E-state index in [2.05, 4.69) is 25.7 Å². The number of aromatic amines is 2. The Morgan fingerprint density at radius 2 is 2.00 bits per heavy atom. The van der Waals surface area contributed by atoms with E-state index in [4.69, 9.17) is 9.98 Å². The summed E-state index contributed by atoms with van der Waals surface area (Å²) in [6, 6.07) is 2.72. The summed E-state index contributed by atoms with van der Waals surface area (Å²) in [5.41, 5.74) is 1.09. The van der Waals surface area contributed by atoms with Crippen LogP contribution in [0.4, 0.5) is 5.82 Å². The highest BCUT2D eigenvalue weighted by atomic mass is 16.3. The Morgan fingerprint density at radius 3 is 2.67 bits per heavy atom. The highest BCUT2D eigenvalue weighted by molar-refractivity contribution is 5.75. The van der Waals surface area contributed by atoms with Gasteiger partial charge in [0.05, 0.1) is 12.2 Å². The number of aromatic nitrogens is 5. The zero-order valence-electron chi connectivity index (χ0n) is 18.5. The van der Waals surface area contributed by atoms with Crippen molar-refractivity contribution in [1.82, 2.24) is 29.9 Å². The Morgan fingerprint density at radius 1 is 1.24 bits per heavy atom. The standard InChI is InChI=1S/C22H28N8O3/c1-2-19(31)26-15-7-3-13(4-8-15)24-17-10-18(25-14-5-6-14)30-20(28-17)12(11-23-30)9-16-21(32)29-22(33)27-16/h9-11,13-15,24,32H,2-8H2,1H3,(H,26,31)(H2,27,29,33)/b12-9+,25-18?. The third-order valence-corrected chi connectivity index (χ3v) is 6.14. The maximum absolute atomic E-state index is 11.7. The van der Waals surface area contributed by atoms with Crippen LogP contribution < -0.4 is 27.0 Å². The highest BCUT2D eigenvalue weighted by Gasteiger charge is 2.23. The van der Waals surface area contributed by atoms with Crippen LogP contribution in [-0.2, 0) is 4.79 Å². The molecule has 33 heavy (non-hydrogen) atoms. The van der Waals surface area contributed by atoms with Crippen molar-refractivity contribution in [3.8, 4) is 5.88 Å². The molecular formula is C22H28N8O3. The summed E-state index contributed by atoms with van der Waals surface area (Å²) in [6.07, 6.45) is 9.65. The Kier molecular flexibility index (Phi) is 5.61. The van der Waals surface area contributed by atoms with Gasteiger partial charge in [-0.25, -0.2) is 9.78 Å². The molecule has 3 heterocycles. The number of H-pyrrole nitrogens is 2. The van der Waals surface area contributed by atoms with Crippen molar-refractivity contribution in [2.75, 3.05) is 5.32 Å². The maximum atomic E-state index is 11.7. The normalized spacial score (nSPS) is 22.1. The van der Waals surface area contributed by atoms with E-state index in [1.165, 1.54) is 0 Å². The zero-order chi connectivity index (χ0) is 22.9. The minimum atomic E-state index is -0.485. The molecule has 0 radical (unpaired) electrons. The summed E-state index contributed by atoms with van der Waals surface area (Å²) in [4.78, 5) is 37.6. The predicted molar refractivity (Wildman–Crippen MR) is 122 cm³/mol. The van der Waals surface area contributed by atoms with E-state index in [9.17, 15) is 14.7 Å². The van der Waals surface area contributed by atoms with Gasteiger partial charge in [0.25, 0.3) is 0 Å². The number of rotatable bonds is 6. The van der Waals surface area contributed by atoms with E-state index in [-0.39, 0.29) is 29.6 Å². The molecule has 174 valence electrons. The number of carbonyl (C=O) groups excluding carboxylic acids is 1. The van der Waals surface area contributed by atoms with Crippen molar-refractivity contribution in [1.29, 1.82) is 0 Å². The molecule has 2 aliphatic rings. The predicted octanol–water partition coefficient (Wildman–Crippen LogP) is 0.311. The van der Waals surface area contributed by atoms with Gasteiger partial charge in [0, 0.05) is 29.8 Å². The lowest BCUT2D eigenvalue weighted by molar-refractivity contribution is -0.121. The van der Waals surface area contributed by atoms with Gasteiger partial charge in [-0.2, -0.15) is 9.61 Å². The van der Waals surface area contributed by atoms with E-state index in [0.29, 0.717) is 29.1 Å². The number of aromatic hydroxyl groups is 1. The smallest absolute Gasteiger partial charge is 0.326 e. The Hall–Kier alpha value is -3.63. The lowest BCUT2D eigenvalue weighted by atomic mass is 9.91. The van der Waals surface area contributed by atoms with Gasteiger partial charge in [-0.05, 0) is 44.6 Å². The topological polar surface area (TPSA) is 153 Å². The molecule has 2 fully saturated rings. The van der Waals surface area contributed by atoms with E-state index in [0.717, 1.165) is 44.0 Å². The number of imidazole rings is 1. The van der Waals surface area contributed by atoms with Gasteiger partial charge >= 0.3 is 5.69 Å². The van der Waals surface area contributed by atoms with Crippen LogP contribution in [0.3, 0.4) is 0 Å². The first kappa shape index (κ1) is 21.2. The molecule has 0 spiro atoms. The molecule has 1 amide bonds. The van der Waals surface area contributed by atoms with Gasteiger partial charge < -0.3 is 20.7 Å². The van der Waals surface area contributed by atoms with E-state index in [1.807, 2.05) is 13.0 Å². The Labute approximate surface area is 189 Å². The van der Waals surface area contributed by atoms with Crippen molar-refractivity contribution < 1.29 is 9.90 Å². The number of carbonyl (C=O) groups is 1. The average molecular weight is 453 g/mol. The van der Waals surface area contributed by atoms with E-state index >= 15 is 0 Å². The van der Waals surface area contributed by atoms with Crippen LogP contribution in [0.15, 0.2) is 22.1 Å². The summed E-state index contributed by atoms with van der Waals surface area (Å²) in [7, 11) is 0. The van der Waals surface area contributed by atoms with Gasteiger partial charge in [0.2, 0.25) is 11.8 Å². The summed E-state index contributed by atoms with van der Waals surface area (Å²) in [6.45, 7) is 1.87. The maximum Gasteiger partial charge on any atom is 0.326 e. The SMILES string of the molecule is CCC(=O)NC1CCC(Nc2cc(=NC3CC3)n3nc/c(=C\c4[nH]c(=O)[nH]c4O)c3n2)CC1. The van der Waals surface area contributed by atoms with Gasteiger partial charge in [-0.3, -0.25) is 14.8 Å². The van der Waals surface area contributed by atoms with Gasteiger partial charge in [0.1, 0.15) is 11.5 Å². The van der Waals surface area contributed by atoms with E-state index in [1.54, 1.807) is 16.8 Å². The first-order valence-corrected chi connectivity index (χ1v) is 11.5. The molecule has 3 aromatic rings. The number of nitrogens with zero attached hydrogens (tertiary/aromatic N) is 4. The fraction of sp³-hybridized carbons (Fsp3) is 0.500. The van der Waals surface area contributed by atoms with Crippen molar-refractivity contribution in [3.05, 3.63) is 39.1 Å². The summed E-state index contributed by atoms with van der Waals surface area (Å²) in [5, 5.41) is 21.6. The van der Waals surface area contributed by atoms with Crippen LogP contribution in [0, 0.1) is 0 Å². The molecule has 11 nitrogen and oxygen atoms in total. The lowest BCUT2D eigenvalue weighted by Crippen LogP contribution is -2.40. The van der Waals surface area contributed by atoms with Crippen LogP contribution in [-0.4, -0.2) is 53.7 Å². The molecule has 0 unspecified atom stereocenters. The van der Waals surface area contributed by atoms with Crippen molar-refractivity contribution in [2.24, 2.45) is 4.99 Å². The monoisotopic (exact) mass is 452 g/mol. The highest BCUT2D eigenvalue weighted by Crippen LogP contribution is 2.23. The fourth-order valence-electron chi connectivity index (χ4n) is 4.19. The molecule has 0 bridgehead atoms. The summed E-state index contributed by atoms with van der Waals surface area (Å²) in [5.74, 6) is 0.581. The average Bonchev–Trinajstić information content (AvgIpc) is 3.43. The zero-order valence-corrected chi connectivity index (χ0v) is 18.5. The summed E-state index contributed by atoms with van der Waals surface area (Å²) >= 11 is 0. The van der Waals surface area contributed by atoms with Gasteiger partial charge in [-0.1, -0.05) is 6.92 Å². The fourth-order valence-corrected chi connectivity index (χ4v) is 4.19. The van der Waals surface area contributed by atoms with Crippen molar-refractivity contribution in [3.63, 3.8) is 0 Å². The minimum Gasteiger partial charge on any atom is -0.493 e. The number of nitrogens with one attached hydrogen (secondary N) is 4. The van der Waals surface area contributed by atoms with E-state index < -0.39 is 5.69 Å². The second-order valence-corrected chi connectivity index (χ2v) is 8.79. The molecule has 3 aromatic heterocycles. The van der Waals surface area contributed by atoms with Crippen LogP contribution in [0.2, 0.25) is 0 Å². The van der Waals surface area contributed by atoms with Crippen LogP contribution in [0.1, 0.15) is 57.6 Å². The Balaban J connectivity index is 1.44. The number of hydrogen-bond donors (Lipinski definition) is 5.